The number of fused-ring (bicyclic) bond motifs is 6. The van der Waals surface area contributed by atoms with Crippen LogP contribution in [-0.2, 0) is 23.4 Å². The highest BCUT2D eigenvalue weighted by Gasteiger charge is 2.53. The van der Waals surface area contributed by atoms with Gasteiger partial charge in [0.05, 0.1) is 5.56 Å². The average Bonchev–Trinajstić information content (AvgIpc) is 3.35. The van der Waals surface area contributed by atoms with Gasteiger partial charge in [-0.25, -0.2) is 4.79 Å². The van der Waals surface area contributed by atoms with Crippen molar-refractivity contribution >= 4 is 17.3 Å². The molecule has 5 heteroatoms. The number of carbonyl (C=O) groups is 1. The van der Waals surface area contributed by atoms with Crippen LogP contribution in [0.25, 0.3) is 0 Å². The largest absolute Gasteiger partial charge is 0.456 e. The molecule has 5 aromatic rings. The number of anilines is 2. The number of hydrogen-bond donors (Lipinski definition) is 0. The molecule has 2 heterocycles. The lowest BCUT2D eigenvalue weighted by Gasteiger charge is -2.38. The summed E-state index contributed by atoms with van der Waals surface area (Å²) in [7, 11) is 0. The van der Waals surface area contributed by atoms with Crippen molar-refractivity contribution in [2.24, 2.45) is 0 Å². The maximum absolute atomic E-state index is 13.4. The third kappa shape index (κ3) is 4.62. The Morgan fingerprint density at radius 2 is 1.19 bits per heavy atom. The predicted octanol–water partition coefficient (Wildman–Crippen LogP) is 8.31. The van der Waals surface area contributed by atoms with Crippen molar-refractivity contribution in [2.75, 3.05) is 22.9 Å². The molecule has 0 bridgehead atoms. The summed E-state index contributed by atoms with van der Waals surface area (Å²) in [5.74, 6) is 1.08. The zero-order valence-electron chi connectivity index (χ0n) is 24.5. The van der Waals surface area contributed by atoms with Gasteiger partial charge in [0.2, 0.25) is 0 Å². The Hall–Kier alpha value is -5.03. The molecule has 5 nitrogen and oxygen atoms in total. The summed E-state index contributed by atoms with van der Waals surface area (Å²) >= 11 is 0. The Morgan fingerprint density at radius 3 is 1.86 bits per heavy atom. The van der Waals surface area contributed by atoms with Gasteiger partial charge in [0.15, 0.2) is 5.60 Å². The van der Waals surface area contributed by atoms with Crippen LogP contribution in [0.5, 0.6) is 11.5 Å². The molecule has 0 radical (unpaired) electrons. The molecule has 0 amide bonds. The summed E-state index contributed by atoms with van der Waals surface area (Å²) in [5.41, 5.74) is 6.52. The topological polar surface area (TPSA) is 42.0 Å². The van der Waals surface area contributed by atoms with Crippen molar-refractivity contribution in [3.8, 4) is 11.5 Å². The fourth-order valence-corrected chi connectivity index (χ4v) is 6.48. The first kappa shape index (κ1) is 26.8. The Balaban J connectivity index is 1.40. The molecule has 43 heavy (non-hydrogen) atoms. The number of carbonyl (C=O) groups excluding carboxylic acids is 1. The normalized spacial score (nSPS) is 16.1. The maximum atomic E-state index is 13.4. The molecule has 1 atom stereocenters. The van der Waals surface area contributed by atoms with Crippen molar-refractivity contribution in [2.45, 2.75) is 32.5 Å². The van der Waals surface area contributed by atoms with Crippen LogP contribution in [0.1, 0.15) is 52.0 Å². The summed E-state index contributed by atoms with van der Waals surface area (Å²) in [4.78, 5) is 18.1. The minimum Gasteiger partial charge on any atom is -0.456 e. The van der Waals surface area contributed by atoms with E-state index in [4.69, 9.17) is 9.47 Å². The van der Waals surface area contributed by atoms with Crippen molar-refractivity contribution in [1.29, 1.82) is 0 Å². The first-order valence-corrected chi connectivity index (χ1v) is 15.0. The molecule has 0 unspecified atom stereocenters. The average molecular weight is 567 g/mol. The van der Waals surface area contributed by atoms with E-state index < -0.39 is 5.60 Å². The van der Waals surface area contributed by atoms with Gasteiger partial charge in [-0.2, -0.15) is 0 Å². The first-order valence-electron chi connectivity index (χ1n) is 15.0. The van der Waals surface area contributed by atoms with E-state index in [-0.39, 0.29) is 5.97 Å². The zero-order valence-corrected chi connectivity index (χ0v) is 24.5. The molecule has 0 saturated heterocycles. The number of hydrogen-bond acceptors (Lipinski definition) is 5. The van der Waals surface area contributed by atoms with Crippen molar-refractivity contribution in [3.05, 3.63) is 155 Å². The minimum atomic E-state index is -1.11. The van der Waals surface area contributed by atoms with Crippen LogP contribution in [0.2, 0.25) is 0 Å². The number of ether oxygens (including phenoxy) is 2. The molecule has 214 valence electrons. The lowest BCUT2D eigenvalue weighted by atomic mass is 9.77. The molecular formula is C38H34N2O3. The first-order chi connectivity index (χ1) is 21.1. The summed E-state index contributed by atoms with van der Waals surface area (Å²) in [6.45, 7) is 7.51. The van der Waals surface area contributed by atoms with Gasteiger partial charge < -0.3 is 19.3 Å². The molecule has 7 rings (SSSR count). The van der Waals surface area contributed by atoms with Gasteiger partial charge in [0, 0.05) is 60.3 Å². The summed E-state index contributed by atoms with van der Waals surface area (Å²) in [6, 6.07) is 41.3. The van der Waals surface area contributed by atoms with Crippen molar-refractivity contribution in [3.63, 3.8) is 0 Å². The van der Waals surface area contributed by atoms with E-state index in [1.54, 1.807) is 0 Å². The summed E-state index contributed by atoms with van der Waals surface area (Å²) < 4.78 is 13.1. The van der Waals surface area contributed by atoms with E-state index in [1.165, 1.54) is 11.1 Å². The van der Waals surface area contributed by atoms with Crippen LogP contribution in [0, 0.1) is 0 Å². The fourth-order valence-electron chi connectivity index (χ4n) is 6.48. The highest BCUT2D eigenvalue weighted by molar-refractivity contribution is 5.97. The fraction of sp³-hybridized carbons (Fsp3) is 0.184. The lowest BCUT2D eigenvalue weighted by Crippen LogP contribution is -2.34. The second-order valence-corrected chi connectivity index (χ2v) is 11.1. The van der Waals surface area contributed by atoms with E-state index in [2.05, 4.69) is 103 Å². The van der Waals surface area contributed by atoms with Gasteiger partial charge in [0.25, 0.3) is 0 Å². The molecule has 0 aromatic heterocycles. The van der Waals surface area contributed by atoms with Gasteiger partial charge >= 0.3 is 5.97 Å². The highest BCUT2D eigenvalue weighted by atomic mass is 16.6. The predicted molar refractivity (Wildman–Crippen MR) is 171 cm³/mol. The molecule has 5 aromatic carbocycles. The third-order valence-electron chi connectivity index (χ3n) is 8.61. The van der Waals surface area contributed by atoms with Crippen LogP contribution in [-0.4, -0.2) is 19.1 Å². The molecule has 1 spiro atoms. The molecule has 2 aliphatic rings. The van der Waals surface area contributed by atoms with Crippen LogP contribution in [0.15, 0.2) is 121 Å². The Morgan fingerprint density at radius 1 is 0.581 bits per heavy atom. The van der Waals surface area contributed by atoms with E-state index in [0.29, 0.717) is 17.1 Å². The Bertz CT molecular complexity index is 1740. The Labute approximate surface area is 252 Å². The number of benzene rings is 5. The maximum Gasteiger partial charge on any atom is 0.340 e. The molecule has 0 saturated carbocycles. The number of rotatable bonds is 8. The Kier molecular flexibility index (Phi) is 6.86. The van der Waals surface area contributed by atoms with Crippen molar-refractivity contribution < 1.29 is 14.3 Å². The summed E-state index contributed by atoms with van der Waals surface area (Å²) in [5, 5.41) is 0. The molecular weight excluding hydrogens is 532 g/mol. The van der Waals surface area contributed by atoms with Gasteiger partial charge in [-0.1, -0.05) is 78.9 Å². The lowest BCUT2D eigenvalue weighted by molar-refractivity contribution is 0.0224. The smallest absolute Gasteiger partial charge is 0.340 e. The van der Waals surface area contributed by atoms with Gasteiger partial charge in [0.1, 0.15) is 11.5 Å². The molecule has 2 aliphatic heterocycles. The standard InChI is InChI=1S/C38H34N2O3/c1-3-39(4-2)30-19-21-33-36(24-30)42-35-22-20-29(23-34(35)38(33)32-18-12-11-17-31(32)37(41)43-38)40(25-27-13-7-5-8-14-27)26-28-15-9-6-10-16-28/h5-24H,3-4,25-26H2,1-2H3/t38-/m0/s1. The van der Waals surface area contributed by atoms with Crippen LogP contribution >= 0.6 is 0 Å². The molecule has 0 aliphatic carbocycles. The minimum absolute atomic E-state index is 0.321. The van der Waals surface area contributed by atoms with Crippen LogP contribution in [0.4, 0.5) is 11.4 Å². The van der Waals surface area contributed by atoms with Gasteiger partial charge in [-0.05, 0) is 61.4 Å². The summed E-state index contributed by atoms with van der Waals surface area (Å²) in [6.07, 6.45) is 0. The zero-order chi connectivity index (χ0) is 29.4. The van der Waals surface area contributed by atoms with E-state index in [1.807, 2.05) is 42.5 Å². The van der Waals surface area contributed by atoms with E-state index in [0.717, 1.165) is 54.2 Å². The number of nitrogens with zero attached hydrogens (tertiary/aromatic N) is 2. The third-order valence-corrected chi connectivity index (χ3v) is 8.61. The second kappa shape index (κ2) is 11.0. The van der Waals surface area contributed by atoms with E-state index >= 15 is 0 Å². The highest BCUT2D eigenvalue weighted by Crippen LogP contribution is 2.57. The van der Waals surface area contributed by atoms with Gasteiger partial charge in [-0.3, -0.25) is 0 Å². The second-order valence-electron chi connectivity index (χ2n) is 11.1. The molecule has 0 N–H and O–H groups in total. The van der Waals surface area contributed by atoms with Crippen LogP contribution < -0.4 is 14.5 Å². The van der Waals surface area contributed by atoms with Crippen molar-refractivity contribution in [1.82, 2.24) is 0 Å². The monoisotopic (exact) mass is 566 g/mol. The van der Waals surface area contributed by atoms with Gasteiger partial charge in [-0.15, -0.1) is 0 Å². The quantitative estimate of drug-likeness (QED) is 0.177. The van der Waals surface area contributed by atoms with Crippen LogP contribution in [0.3, 0.4) is 0 Å². The SMILES string of the molecule is CCN(CC)c1ccc2c(c1)Oc1ccc(N(Cc3ccccc3)Cc3ccccc3)cc1[C@@]21OC(=O)c2ccccc21. The van der Waals surface area contributed by atoms with E-state index in [9.17, 15) is 4.79 Å². The number of esters is 1. The molecule has 0 fully saturated rings.